The van der Waals surface area contributed by atoms with Crippen LogP contribution in [-0.4, -0.2) is 96.7 Å². The molecule has 0 aromatic carbocycles. The number of carbonyl (C=O) groups excluding carboxylic acids is 4. The minimum Gasteiger partial charge on any atom is -0.462 e. The zero-order valence-corrected chi connectivity index (χ0v) is 75.8. The number of esters is 4. The van der Waals surface area contributed by atoms with Crippen molar-refractivity contribution in [2.45, 2.75) is 522 Å². The summed E-state index contributed by atoms with van der Waals surface area (Å²) >= 11 is 0. The van der Waals surface area contributed by atoms with Gasteiger partial charge < -0.3 is 33.8 Å². The monoisotopic (exact) mass is 1630 g/mol. The van der Waals surface area contributed by atoms with Crippen LogP contribution in [0.2, 0.25) is 0 Å². The van der Waals surface area contributed by atoms with Gasteiger partial charge in [-0.1, -0.05) is 452 Å². The first-order valence-electron chi connectivity index (χ1n) is 48.0. The van der Waals surface area contributed by atoms with Gasteiger partial charge in [-0.15, -0.1) is 0 Å². The molecule has 0 saturated heterocycles. The molecule has 0 fully saturated rings. The Balaban J connectivity index is 5.24. The number of aliphatic hydroxyl groups excluding tert-OH is 1. The first-order valence-corrected chi connectivity index (χ1v) is 51.0. The van der Waals surface area contributed by atoms with Gasteiger partial charge in [0.25, 0.3) is 0 Å². The second-order valence-electron chi connectivity index (χ2n) is 34.1. The Morgan fingerprint density at radius 1 is 0.259 bits per heavy atom. The number of rotatable bonds is 92. The first kappa shape index (κ1) is 110. The standard InChI is InChI=1S/C93H182O17P2/c1-7-10-12-14-16-18-20-22-24-26-28-33-37-41-45-51-57-63-69-75-90(95)103-81-88(109-92(97)77-72-66-60-53-47-43-39-35-31-30-32-36-40-44-50-56-62-68-74-86(6)9-3)83-107-111(99,100)105-79-87(94)80-106-112(101,102)108-84-89(82-104-91(96)76-70-64-58-54-48-49-55-61-67-73-85(4)5)110-93(98)78-71-65-59-52-46-42-38-34-29-27-25-23-21-19-17-15-13-11-8-2/h85-89,94H,7-84H2,1-6H3,(H,99,100)(H,101,102)/t86?,87-,88-,89-/m1/s1. The Hall–Kier alpha value is -1.94. The summed E-state index contributed by atoms with van der Waals surface area (Å²) in [5, 5.41) is 10.7. The number of phosphoric acid groups is 2. The second kappa shape index (κ2) is 84.1. The van der Waals surface area contributed by atoms with Gasteiger partial charge in [0.15, 0.2) is 12.2 Å². The molecule has 0 radical (unpaired) electrons. The van der Waals surface area contributed by atoms with Gasteiger partial charge in [-0.25, -0.2) is 9.13 Å². The Morgan fingerprint density at radius 2 is 0.455 bits per heavy atom. The van der Waals surface area contributed by atoms with Gasteiger partial charge in [0.2, 0.25) is 0 Å². The van der Waals surface area contributed by atoms with Gasteiger partial charge in [0, 0.05) is 25.7 Å². The van der Waals surface area contributed by atoms with Crippen molar-refractivity contribution in [3.8, 4) is 0 Å². The summed E-state index contributed by atoms with van der Waals surface area (Å²) < 4.78 is 69.1. The van der Waals surface area contributed by atoms with Crippen molar-refractivity contribution in [2.75, 3.05) is 39.6 Å². The van der Waals surface area contributed by atoms with Crippen LogP contribution in [-0.2, 0) is 65.4 Å². The van der Waals surface area contributed by atoms with Crippen LogP contribution in [0.25, 0.3) is 0 Å². The van der Waals surface area contributed by atoms with E-state index >= 15 is 0 Å². The predicted octanol–water partition coefficient (Wildman–Crippen LogP) is 29.0. The van der Waals surface area contributed by atoms with E-state index in [1.165, 1.54) is 321 Å². The Bertz CT molecular complexity index is 2130. The number of unbranched alkanes of at least 4 members (excludes halogenated alkanes) is 61. The summed E-state index contributed by atoms with van der Waals surface area (Å²) in [6.45, 7) is 9.77. The highest BCUT2D eigenvalue weighted by Crippen LogP contribution is 2.45. The lowest BCUT2D eigenvalue weighted by molar-refractivity contribution is -0.161. The maximum Gasteiger partial charge on any atom is 0.472 e. The van der Waals surface area contributed by atoms with E-state index in [9.17, 15) is 43.2 Å². The summed E-state index contributed by atoms with van der Waals surface area (Å²) in [5.74, 6) is -0.479. The fourth-order valence-electron chi connectivity index (χ4n) is 14.6. The molecule has 0 aliphatic heterocycles. The molecule has 0 aromatic heterocycles. The van der Waals surface area contributed by atoms with Gasteiger partial charge in [-0.2, -0.15) is 0 Å². The van der Waals surface area contributed by atoms with E-state index in [2.05, 4.69) is 41.5 Å². The lowest BCUT2D eigenvalue weighted by atomic mass is 9.99. The normalized spacial score (nSPS) is 13.9. The molecule has 0 aliphatic rings. The van der Waals surface area contributed by atoms with E-state index in [4.69, 9.17) is 37.0 Å². The topological polar surface area (TPSA) is 237 Å². The van der Waals surface area contributed by atoms with Gasteiger partial charge in [-0.05, 0) is 37.5 Å². The van der Waals surface area contributed by atoms with Crippen molar-refractivity contribution in [3.05, 3.63) is 0 Å². The highest BCUT2D eigenvalue weighted by atomic mass is 31.2. The highest BCUT2D eigenvalue weighted by Gasteiger charge is 2.31. The number of hydrogen-bond acceptors (Lipinski definition) is 15. The van der Waals surface area contributed by atoms with E-state index in [1.54, 1.807) is 0 Å². The lowest BCUT2D eigenvalue weighted by Gasteiger charge is -2.21. The molecule has 17 nitrogen and oxygen atoms in total. The van der Waals surface area contributed by atoms with Crippen LogP contribution in [0, 0.1) is 11.8 Å². The van der Waals surface area contributed by atoms with Crippen LogP contribution in [0.15, 0.2) is 0 Å². The average molecular weight is 1630 g/mol. The minimum atomic E-state index is -4.97. The molecule has 3 N–H and O–H groups in total. The van der Waals surface area contributed by atoms with Gasteiger partial charge in [-0.3, -0.25) is 37.3 Å². The van der Waals surface area contributed by atoms with Gasteiger partial charge in [0.05, 0.1) is 26.4 Å². The van der Waals surface area contributed by atoms with Crippen molar-refractivity contribution >= 4 is 39.5 Å². The zero-order chi connectivity index (χ0) is 82.0. The first-order chi connectivity index (χ1) is 54.4. The molecule has 19 heteroatoms. The summed E-state index contributed by atoms with van der Waals surface area (Å²) in [5.41, 5.74) is 0. The third-order valence-electron chi connectivity index (χ3n) is 22.3. The molecule has 0 aliphatic carbocycles. The summed E-state index contributed by atoms with van der Waals surface area (Å²) in [6.07, 6.45) is 79.2. The molecule has 6 atom stereocenters. The number of aliphatic hydroxyl groups is 1. The number of hydrogen-bond donors (Lipinski definition) is 3. The van der Waals surface area contributed by atoms with Crippen molar-refractivity contribution in [1.29, 1.82) is 0 Å². The summed E-state index contributed by atoms with van der Waals surface area (Å²) in [7, 11) is -9.94. The van der Waals surface area contributed by atoms with E-state index in [-0.39, 0.29) is 25.7 Å². The lowest BCUT2D eigenvalue weighted by Crippen LogP contribution is -2.30. The van der Waals surface area contributed by atoms with Crippen LogP contribution in [0.3, 0.4) is 0 Å². The van der Waals surface area contributed by atoms with Crippen LogP contribution >= 0.6 is 15.6 Å². The Morgan fingerprint density at radius 3 is 0.679 bits per heavy atom. The molecular weight excluding hydrogens is 1450 g/mol. The molecule has 112 heavy (non-hydrogen) atoms. The van der Waals surface area contributed by atoms with Crippen LogP contribution in [0.1, 0.15) is 504 Å². The van der Waals surface area contributed by atoms with E-state index < -0.39 is 97.5 Å². The van der Waals surface area contributed by atoms with E-state index in [1.807, 2.05) is 0 Å². The zero-order valence-electron chi connectivity index (χ0n) is 74.0. The fourth-order valence-corrected chi connectivity index (χ4v) is 16.2. The summed E-state index contributed by atoms with van der Waals surface area (Å²) in [4.78, 5) is 73.5. The smallest absolute Gasteiger partial charge is 0.462 e. The van der Waals surface area contributed by atoms with Crippen molar-refractivity contribution in [1.82, 2.24) is 0 Å². The largest absolute Gasteiger partial charge is 0.472 e. The third-order valence-corrected chi connectivity index (χ3v) is 24.2. The summed E-state index contributed by atoms with van der Waals surface area (Å²) in [6, 6.07) is 0. The quantitative estimate of drug-likeness (QED) is 0.0222. The molecule has 3 unspecified atom stereocenters. The average Bonchev–Trinajstić information content (AvgIpc) is 0.900. The highest BCUT2D eigenvalue weighted by molar-refractivity contribution is 7.47. The molecule has 0 aromatic rings. The molecule has 0 saturated carbocycles. The van der Waals surface area contributed by atoms with Crippen molar-refractivity contribution in [3.63, 3.8) is 0 Å². The molecule has 0 bridgehead atoms. The number of carbonyl (C=O) groups is 4. The molecule has 0 amide bonds. The van der Waals surface area contributed by atoms with Crippen LogP contribution in [0.5, 0.6) is 0 Å². The van der Waals surface area contributed by atoms with E-state index in [0.29, 0.717) is 25.7 Å². The van der Waals surface area contributed by atoms with Crippen LogP contribution < -0.4 is 0 Å². The Labute approximate surface area is 689 Å². The second-order valence-corrected chi connectivity index (χ2v) is 37.0. The minimum absolute atomic E-state index is 0.109. The van der Waals surface area contributed by atoms with Crippen molar-refractivity contribution in [2.24, 2.45) is 11.8 Å². The molecule has 0 spiro atoms. The molecule has 0 rings (SSSR count). The van der Waals surface area contributed by atoms with Crippen molar-refractivity contribution < 1.29 is 80.2 Å². The maximum absolute atomic E-state index is 13.2. The number of phosphoric ester groups is 2. The molecule has 666 valence electrons. The van der Waals surface area contributed by atoms with Crippen LogP contribution in [0.4, 0.5) is 0 Å². The maximum atomic E-state index is 13.2. The SMILES string of the molecule is CCCCCCCCCCCCCCCCCCCCCC(=O)OC[C@H](COP(=O)(O)OC[C@@H](O)COP(=O)(O)OC[C@@H](COC(=O)CCCCCCCCCCCC(C)C)OC(=O)CCCCCCCCCCCCCCCCCCCCC)OC(=O)CCCCCCCCCCCCCCCCCCCCC(C)CC. The third kappa shape index (κ3) is 84.5. The Kier molecular flexibility index (Phi) is 82.6. The molecule has 0 heterocycles. The van der Waals surface area contributed by atoms with Gasteiger partial charge in [0.1, 0.15) is 19.3 Å². The molecular formula is C93H182O17P2. The van der Waals surface area contributed by atoms with E-state index in [0.717, 1.165) is 102 Å². The fraction of sp³-hybridized carbons (Fsp3) is 0.957. The van der Waals surface area contributed by atoms with Gasteiger partial charge >= 0.3 is 39.5 Å². The predicted molar refractivity (Wildman–Crippen MR) is 465 cm³/mol. The number of ether oxygens (including phenoxy) is 4.